The van der Waals surface area contributed by atoms with Crippen molar-refractivity contribution in [3.8, 4) is 16.9 Å². The van der Waals surface area contributed by atoms with E-state index in [1.807, 2.05) is 6.92 Å². The molecule has 186 valence electrons. The van der Waals surface area contributed by atoms with E-state index in [1.165, 1.54) is 39.0 Å². The highest BCUT2D eigenvalue weighted by Gasteiger charge is 2.28. The highest BCUT2D eigenvalue weighted by atomic mass is 16.5. The average molecular weight is 477 g/mol. The lowest BCUT2D eigenvalue weighted by Crippen LogP contribution is -2.52. The lowest BCUT2D eigenvalue weighted by atomic mass is 10.00. The molecule has 35 heavy (non-hydrogen) atoms. The molecule has 0 unspecified atom stereocenters. The molecule has 2 aromatic heterocycles. The predicted molar refractivity (Wildman–Crippen MR) is 142 cm³/mol. The second-order valence-corrected chi connectivity index (χ2v) is 9.61. The number of nitrogens with zero attached hydrogens (tertiary/aromatic N) is 6. The second kappa shape index (κ2) is 9.83. The van der Waals surface area contributed by atoms with Crippen molar-refractivity contribution in [1.82, 2.24) is 24.8 Å². The topological polar surface area (TPSA) is 110 Å². The summed E-state index contributed by atoms with van der Waals surface area (Å²) in [5, 5.41) is 0. The molecule has 5 rings (SSSR count). The van der Waals surface area contributed by atoms with Gasteiger partial charge in [-0.2, -0.15) is 0 Å². The van der Waals surface area contributed by atoms with E-state index in [0.717, 1.165) is 41.3 Å². The van der Waals surface area contributed by atoms with Crippen molar-refractivity contribution < 1.29 is 4.74 Å². The van der Waals surface area contributed by atoms with E-state index in [2.05, 4.69) is 54.9 Å². The summed E-state index contributed by atoms with van der Waals surface area (Å²) in [7, 11) is 3.94. The summed E-state index contributed by atoms with van der Waals surface area (Å²) >= 11 is 0. The molecule has 0 atom stereocenters. The Morgan fingerprint density at radius 1 is 0.971 bits per heavy atom. The van der Waals surface area contributed by atoms with Crippen molar-refractivity contribution in [2.24, 2.45) is 0 Å². The fourth-order valence-corrected chi connectivity index (χ4v) is 5.34. The zero-order chi connectivity index (χ0) is 24.5. The fraction of sp³-hybridized carbons (Fsp3) is 0.500. The number of hydrogen-bond acceptors (Lipinski definition) is 9. The summed E-state index contributed by atoms with van der Waals surface area (Å²) in [6, 6.07) is 6.97. The van der Waals surface area contributed by atoms with Gasteiger partial charge in [0.15, 0.2) is 5.82 Å². The number of nitrogen functional groups attached to an aromatic ring is 2. The van der Waals surface area contributed by atoms with E-state index in [9.17, 15) is 0 Å². The highest BCUT2D eigenvalue weighted by Crippen LogP contribution is 2.37. The molecule has 2 aliphatic rings. The van der Waals surface area contributed by atoms with Gasteiger partial charge in [-0.15, -0.1) is 0 Å². The molecular weight excluding hydrogens is 440 g/mol. The minimum Gasteiger partial charge on any atom is -0.495 e. The number of benzene rings is 1. The Kier molecular flexibility index (Phi) is 6.62. The van der Waals surface area contributed by atoms with Crippen molar-refractivity contribution in [1.29, 1.82) is 0 Å². The van der Waals surface area contributed by atoms with Gasteiger partial charge in [0.1, 0.15) is 22.6 Å². The Bertz CT molecular complexity index is 1200. The van der Waals surface area contributed by atoms with Gasteiger partial charge in [0.25, 0.3) is 0 Å². The molecule has 0 amide bonds. The first kappa shape index (κ1) is 23.6. The molecule has 0 radical (unpaired) electrons. The Hall–Kier alpha value is -3.17. The van der Waals surface area contributed by atoms with Crippen LogP contribution >= 0.6 is 0 Å². The third-order valence-corrected chi connectivity index (χ3v) is 7.51. The van der Waals surface area contributed by atoms with Crippen LogP contribution < -0.4 is 21.1 Å². The van der Waals surface area contributed by atoms with Gasteiger partial charge < -0.3 is 26.0 Å². The zero-order valence-electron chi connectivity index (χ0n) is 21.0. The predicted octanol–water partition coefficient (Wildman–Crippen LogP) is 2.64. The third kappa shape index (κ3) is 4.58. The number of ether oxygens (including phenoxy) is 1. The molecule has 4 N–H and O–H groups in total. The monoisotopic (exact) mass is 476 g/mol. The number of anilines is 3. The van der Waals surface area contributed by atoms with Crippen LogP contribution in [0.5, 0.6) is 5.75 Å². The molecule has 0 bridgehead atoms. The minimum atomic E-state index is 0.359. The lowest BCUT2D eigenvalue weighted by Gasteiger charge is -2.42. The molecule has 2 aliphatic heterocycles. The van der Waals surface area contributed by atoms with Crippen molar-refractivity contribution in [2.45, 2.75) is 32.2 Å². The van der Waals surface area contributed by atoms with Gasteiger partial charge in [-0.1, -0.05) is 13.0 Å². The van der Waals surface area contributed by atoms with E-state index in [4.69, 9.17) is 16.2 Å². The minimum absolute atomic E-state index is 0.359. The van der Waals surface area contributed by atoms with Crippen LogP contribution in [0.4, 0.5) is 17.3 Å². The normalized spacial score (nSPS) is 18.3. The standard InChI is InChI=1S/C26H36N8O/c1-4-20-25(27)31-23-19(16-29-26(28)24(23)30-20)17-5-6-21(22(15-17)35-3)34-9-7-18(8-10-34)33-13-11-32(2)12-14-33/h5-6,15-16,18H,4,7-14H2,1-3H3,(H2,27,31)(H2,28,29). The summed E-state index contributed by atoms with van der Waals surface area (Å²) in [4.78, 5) is 21.2. The first-order valence-electron chi connectivity index (χ1n) is 12.5. The SMILES string of the molecule is CCc1nc2c(N)ncc(-c3ccc(N4CCC(N5CCN(C)CC5)CC4)c(OC)c3)c2nc1N. The Morgan fingerprint density at radius 3 is 2.40 bits per heavy atom. The first-order valence-corrected chi connectivity index (χ1v) is 12.5. The molecule has 0 saturated carbocycles. The van der Waals surface area contributed by atoms with Crippen LogP contribution in [-0.4, -0.2) is 84.2 Å². The maximum Gasteiger partial charge on any atom is 0.151 e. The number of rotatable bonds is 5. The quantitative estimate of drug-likeness (QED) is 0.574. The number of methoxy groups -OCH3 is 1. The first-order chi connectivity index (χ1) is 17.0. The van der Waals surface area contributed by atoms with Gasteiger partial charge in [-0.3, -0.25) is 4.90 Å². The van der Waals surface area contributed by atoms with Gasteiger partial charge in [0.05, 0.1) is 18.5 Å². The highest BCUT2D eigenvalue weighted by molar-refractivity contribution is 5.97. The van der Waals surface area contributed by atoms with Crippen LogP contribution in [0.15, 0.2) is 24.4 Å². The van der Waals surface area contributed by atoms with Crippen LogP contribution in [0, 0.1) is 0 Å². The summed E-state index contributed by atoms with van der Waals surface area (Å²) < 4.78 is 5.85. The number of piperidine rings is 1. The zero-order valence-corrected chi connectivity index (χ0v) is 21.0. The van der Waals surface area contributed by atoms with Crippen LogP contribution in [0.3, 0.4) is 0 Å². The number of piperazine rings is 1. The number of pyridine rings is 1. The van der Waals surface area contributed by atoms with Crippen LogP contribution in [0.2, 0.25) is 0 Å². The molecule has 0 aliphatic carbocycles. The number of fused-ring (bicyclic) bond motifs is 1. The van der Waals surface area contributed by atoms with Crippen molar-refractivity contribution in [2.75, 3.05) is 69.8 Å². The smallest absolute Gasteiger partial charge is 0.151 e. The lowest BCUT2D eigenvalue weighted by molar-refractivity contribution is 0.0981. The van der Waals surface area contributed by atoms with Gasteiger partial charge in [0.2, 0.25) is 0 Å². The van der Waals surface area contributed by atoms with Crippen molar-refractivity contribution in [3.63, 3.8) is 0 Å². The number of hydrogen-bond donors (Lipinski definition) is 2. The molecule has 2 saturated heterocycles. The molecular formula is C26H36N8O. The molecule has 9 heteroatoms. The maximum absolute atomic E-state index is 6.17. The second-order valence-electron chi connectivity index (χ2n) is 9.61. The van der Waals surface area contributed by atoms with Gasteiger partial charge in [-0.25, -0.2) is 15.0 Å². The molecule has 3 aromatic rings. The summed E-state index contributed by atoms with van der Waals surface area (Å²) in [5.74, 6) is 1.63. The Balaban J connectivity index is 1.39. The molecule has 9 nitrogen and oxygen atoms in total. The molecule has 1 aromatic carbocycles. The van der Waals surface area contributed by atoms with E-state index in [1.54, 1.807) is 13.3 Å². The van der Waals surface area contributed by atoms with Crippen molar-refractivity contribution in [3.05, 3.63) is 30.1 Å². The van der Waals surface area contributed by atoms with Gasteiger partial charge in [-0.05, 0) is 44.0 Å². The summed E-state index contributed by atoms with van der Waals surface area (Å²) in [6.45, 7) is 8.74. The maximum atomic E-state index is 6.17. The van der Waals surface area contributed by atoms with Crippen LogP contribution in [0.25, 0.3) is 22.2 Å². The molecule has 0 spiro atoms. The Labute approximate surface area is 207 Å². The summed E-state index contributed by atoms with van der Waals surface area (Å²) in [5.41, 5.74) is 17.2. The number of aryl methyl sites for hydroxylation is 1. The van der Waals surface area contributed by atoms with Gasteiger partial charge in [0, 0.05) is 57.1 Å². The van der Waals surface area contributed by atoms with Gasteiger partial charge >= 0.3 is 0 Å². The van der Waals surface area contributed by atoms with E-state index in [-0.39, 0.29) is 0 Å². The Morgan fingerprint density at radius 2 is 1.71 bits per heavy atom. The molecule has 4 heterocycles. The van der Waals surface area contributed by atoms with E-state index < -0.39 is 0 Å². The average Bonchev–Trinajstić information content (AvgIpc) is 2.89. The van der Waals surface area contributed by atoms with E-state index in [0.29, 0.717) is 35.1 Å². The van der Waals surface area contributed by atoms with Crippen LogP contribution in [0.1, 0.15) is 25.5 Å². The number of likely N-dealkylation sites (N-methyl/N-ethyl adjacent to an activating group) is 1. The third-order valence-electron chi connectivity index (χ3n) is 7.51. The number of nitrogens with two attached hydrogens (primary N) is 2. The fourth-order valence-electron chi connectivity index (χ4n) is 5.34. The van der Waals surface area contributed by atoms with E-state index >= 15 is 0 Å². The largest absolute Gasteiger partial charge is 0.495 e. The summed E-state index contributed by atoms with van der Waals surface area (Å²) in [6.07, 6.45) is 4.78. The molecule has 2 fully saturated rings. The van der Waals surface area contributed by atoms with Crippen molar-refractivity contribution >= 4 is 28.4 Å². The number of aromatic nitrogens is 3. The van der Waals surface area contributed by atoms with Crippen LogP contribution in [-0.2, 0) is 6.42 Å².